The number of rotatable bonds is 3. The van der Waals surface area contributed by atoms with Crippen LogP contribution in [0.25, 0.3) is 0 Å². The molecule has 0 aliphatic rings. The maximum atomic E-state index is 9.37. The van der Waals surface area contributed by atoms with E-state index in [1.807, 2.05) is 0 Å². The smallest absolute Gasteiger partial charge is 0.0809 e. The first kappa shape index (κ1) is 15.0. The lowest BCUT2D eigenvalue weighted by atomic mass is 10.3. The van der Waals surface area contributed by atoms with Crippen molar-refractivity contribution in [1.82, 2.24) is 4.47 Å². The summed E-state index contributed by atoms with van der Waals surface area (Å²) in [6.45, 7) is 2.14. The quantitative estimate of drug-likeness (QED) is 0.331. The van der Waals surface area contributed by atoms with Crippen molar-refractivity contribution < 1.29 is 5.21 Å². The number of hydrogen-bond donors (Lipinski definition) is 1. The fourth-order valence-corrected chi connectivity index (χ4v) is 3.00. The molecule has 0 saturated heterocycles. The van der Waals surface area contributed by atoms with Crippen molar-refractivity contribution in [2.75, 3.05) is 6.54 Å². The molecule has 0 aliphatic carbocycles. The minimum atomic E-state index is 0.101. The topological polar surface area (TPSA) is 23.5 Å². The molecule has 8 heteroatoms. The summed E-state index contributed by atoms with van der Waals surface area (Å²) in [5.74, 6) is 0. The average Bonchev–Trinajstić information content (AvgIpc) is 2.29. The van der Waals surface area contributed by atoms with E-state index < -0.39 is 0 Å². The molecule has 0 aliphatic heterocycles. The highest BCUT2D eigenvalue weighted by Crippen LogP contribution is 2.48. The second-order valence-corrected chi connectivity index (χ2v) is 5.56. The zero-order chi connectivity index (χ0) is 12.5. The molecule has 1 aromatic carbocycles. The Balaban J connectivity index is 3.28. The molecule has 0 aromatic heterocycles. The molecule has 0 amide bonds. The van der Waals surface area contributed by atoms with Crippen molar-refractivity contribution in [3.63, 3.8) is 0 Å². The van der Waals surface area contributed by atoms with Gasteiger partial charge in [-0.1, -0.05) is 58.0 Å². The van der Waals surface area contributed by atoms with Gasteiger partial charge in [0.05, 0.1) is 30.0 Å². The first-order chi connectivity index (χ1) is 7.40. The van der Waals surface area contributed by atoms with Crippen LogP contribution in [0.15, 0.2) is 4.90 Å². The molecule has 0 unspecified atom stereocenters. The lowest BCUT2D eigenvalue weighted by Gasteiger charge is -2.15. The van der Waals surface area contributed by atoms with E-state index in [1.165, 1.54) is 0 Å². The fraction of sp³-hybridized carbons (Fsp3) is 0.250. The minimum absolute atomic E-state index is 0.101. The van der Waals surface area contributed by atoms with Crippen LogP contribution >= 0.6 is 70.0 Å². The van der Waals surface area contributed by atoms with Gasteiger partial charge < -0.3 is 5.21 Å². The van der Waals surface area contributed by atoms with Gasteiger partial charge >= 0.3 is 0 Å². The number of benzene rings is 1. The zero-order valence-electron chi connectivity index (χ0n) is 7.90. The first-order valence-electron chi connectivity index (χ1n) is 4.05. The van der Waals surface area contributed by atoms with Gasteiger partial charge in [-0.05, 0) is 18.9 Å². The van der Waals surface area contributed by atoms with E-state index in [1.54, 1.807) is 6.92 Å². The second-order valence-electron chi connectivity index (χ2n) is 2.66. The Bertz CT molecular complexity index is 385. The number of nitrogens with zero attached hydrogens (tertiary/aromatic N) is 1. The summed E-state index contributed by atoms with van der Waals surface area (Å²) < 4.78 is 0.952. The summed E-state index contributed by atoms with van der Waals surface area (Å²) in [5, 5.41) is 10.0. The summed E-state index contributed by atoms with van der Waals surface area (Å²) in [6.07, 6.45) is 0. The molecule has 16 heavy (non-hydrogen) atoms. The minimum Gasteiger partial charge on any atom is -0.303 e. The molecule has 0 heterocycles. The Morgan fingerprint density at radius 2 is 1.31 bits per heavy atom. The van der Waals surface area contributed by atoms with Crippen molar-refractivity contribution >= 4 is 70.0 Å². The van der Waals surface area contributed by atoms with Gasteiger partial charge in [0, 0.05) is 6.54 Å². The molecule has 0 bridgehead atoms. The molecule has 1 rings (SSSR count). The molecule has 0 saturated carbocycles. The lowest BCUT2D eigenvalue weighted by Crippen LogP contribution is -2.08. The summed E-state index contributed by atoms with van der Waals surface area (Å²) in [6, 6.07) is 0. The molecule has 0 radical (unpaired) electrons. The standard InChI is InChI=1S/C8H6Cl5NOS/c1-2-14(15)16-8-6(12)4(10)3(9)5(11)7(8)13/h15H,2H2,1H3. The van der Waals surface area contributed by atoms with Crippen molar-refractivity contribution in [3.05, 3.63) is 25.1 Å². The van der Waals surface area contributed by atoms with Crippen LogP contribution in [0.1, 0.15) is 6.92 Å². The Morgan fingerprint density at radius 1 is 0.938 bits per heavy atom. The van der Waals surface area contributed by atoms with Crippen molar-refractivity contribution in [2.24, 2.45) is 0 Å². The van der Waals surface area contributed by atoms with Crippen LogP contribution in [-0.2, 0) is 0 Å². The van der Waals surface area contributed by atoms with Crippen LogP contribution in [0.5, 0.6) is 0 Å². The normalized spacial score (nSPS) is 11.2. The van der Waals surface area contributed by atoms with Crippen LogP contribution in [0.2, 0.25) is 25.1 Å². The van der Waals surface area contributed by atoms with E-state index in [4.69, 9.17) is 58.0 Å². The SMILES string of the molecule is CCN(O)Sc1c(Cl)c(Cl)c(Cl)c(Cl)c1Cl. The summed E-state index contributed by atoms with van der Waals surface area (Å²) in [5.41, 5.74) is 0. The number of hydrogen-bond acceptors (Lipinski definition) is 3. The van der Waals surface area contributed by atoms with Crippen LogP contribution in [-0.4, -0.2) is 16.2 Å². The van der Waals surface area contributed by atoms with Gasteiger partial charge in [-0.2, -0.15) is 0 Å². The molecule has 2 nitrogen and oxygen atoms in total. The summed E-state index contributed by atoms with van der Waals surface area (Å²) >= 11 is 30.4. The first-order valence-corrected chi connectivity index (χ1v) is 6.72. The largest absolute Gasteiger partial charge is 0.303 e. The van der Waals surface area contributed by atoms with Gasteiger partial charge in [-0.3, -0.25) is 0 Å². The van der Waals surface area contributed by atoms with Crippen molar-refractivity contribution in [2.45, 2.75) is 11.8 Å². The van der Waals surface area contributed by atoms with Gasteiger partial charge in [0.1, 0.15) is 0 Å². The maximum absolute atomic E-state index is 9.37. The Morgan fingerprint density at radius 3 is 1.69 bits per heavy atom. The fourth-order valence-electron chi connectivity index (χ4n) is 0.835. The summed E-state index contributed by atoms with van der Waals surface area (Å²) in [4.78, 5) is 0.368. The van der Waals surface area contributed by atoms with Gasteiger partial charge in [0.25, 0.3) is 0 Å². The highest BCUT2D eigenvalue weighted by atomic mass is 35.5. The molecule has 0 fully saturated rings. The Kier molecular flexibility index (Phi) is 5.82. The van der Waals surface area contributed by atoms with Gasteiger partial charge in [-0.15, -0.1) is 4.47 Å². The molecule has 90 valence electrons. The van der Waals surface area contributed by atoms with Gasteiger partial charge in [0.2, 0.25) is 0 Å². The van der Waals surface area contributed by atoms with E-state index >= 15 is 0 Å². The molecular formula is C8H6Cl5NOS. The van der Waals surface area contributed by atoms with Gasteiger partial charge in [-0.25, -0.2) is 0 Å². The zero-order valence-corrected chi connectivity index (χ0v) is 12.5. The number of hydroxylamine groups is 1. The van der Waals surface area contributed by atoms with Crippen LogP contribution < -0.4 is 0 Å². The predicted octanol–water partition coefficient (Wildman–Crippen LogP) is 5.67. The summed E-state index contributed by atoms with van der Waals surface area (Å²) in [7, 11) is 0. The van der Waals surface area contributed by atoms with E-state index in [9.17, 15) is 5.21 Å². The monoisotopic (exact) mass is 339 g/mol. The van der Waals surface area contributed by atoms with E-state index in [2.05, 4.69) is 0 Å². The average molecular weight is 341 g/mol. The van der Waals surface area contributed by atoms with Crippen LogP contribution in [0.3, 0.4) is 0 Å². The van der Waals surface area contributed by atoms with Crippen molar-refractivity contribution in [3.8, 4) is 0 Å². The van der Waals surface area contributed by atoms with Crippen LogP contribution in [0.4, 0.5) is 0 Å². The molecule has 1 N–H and O–H groups in total. The number of halogens is 5. The molecule has 1 aromatic rings. The van der Waals surface area contributed by atoms with E-state index in [-0.39, 0.29) is 25.1 Å². The van der Waals surface area contributed by atoms with Gasteiger partial charge in [0.15, 0.2) is 0 Å². The Hall–Kier alpha value is 0.940. The Labute approximate surface area is 122 Å². The lowest BCUT2D eigenvalue weighted by molar-refractivity contribution is 0.0224. The van der Waals surface area contributed by atoms with Crippen LogP contribution in [0, 0.1) is 0 Å². The highest BCUT2D eigenvalue weighted by molar-refractivity contribution is 7.97. The van der Waals surface area contributed by atoms with E-state index in [0.717, 1.165) is 16.4 Å². The predicted molar refractivity (Wildman–Crippen MR) is 71.5 cm³/mol. The second kappa shape index (κ2) is 6.21. The molecular weight excluding hydrogens is 335 g/mol. The highest BCUT2D eigenvalue weighted by Gasteiger charge is 2.21. The van der Waals surface area contributed by atoms with E-state index in [0.29, 0.717) is 11.4 Å². The third-order valence-corrected chi connectivity index (χ3v) is 5.20. The maximum Gasteiger partial charge on any atom is 0.0809 e. The molecule has 0 atom stereocenters. The third-order valence-electron chi connectivity index (χ3n) is 1.64. The third kappa shape index (κ3) is 3.03. The molecule has 0 spiro atoms. The van der Waals surface area contributed by atoms with Crippen molar-refractivity contribution in [1.29, 1.82) is 0 Å².